The molecule has 0 unspecified atom stereocenters. The minimum absolute atomic E-state index is 0.00413. The van der Waals surface area contributed by atoms with Crippen LogP contribution in [0.4, 0.5) is 5.82 Å². The second-order valence-corrected chi connectivity index (χ2v) is 6.60. The monoisotopic (exact) mass is 309 g/mol. The van der Waals surface area contributed by atoms with Crippen LogP contribution in [0.25, 0.3) is 4.96 Å². The fourth-order valence-corrected chi connectivity index (χ4v) is 3.80. The topological polar surface area (TPSA) is 102 Å². The Balaban J connectivity index is 1.92. The molecule has 0 aliphatic rings. The summed E-state index contributed by atoms with van der Waals surface area (Å²) in [6, 6.07) is 3.53. The molecule has 0 saturated carbocycles. The van der Waals surface area contributed by atoms with E-state index in [1.165, 1.54) is 15.7 Å². The van der Waals surface area contributed by atoms with E-state index >= 15 is 0 Å². The number of thiazole rings is 1. The van der Waals surface area contributed by atoms with Crippen LogP contribution in [0.2, 0.25) is 0 Å². The first kappa shape index (κ1) is 13.0. The van der Waals surface area contributed by atoms with Crippen LogP contribution < -0.4 is 10.5 Å². The van der Waals surface area contributed by atoms with Gasteiger partial charge in [-0.05, 0) is 11.6 Å². The summed E-state index contributed by atoms with van der Waals surface area (Å²) < 4.78 is 28.6. The van der Waals surface area contributed by atoms with Gasteiger partial charge in [0, 0.05) is 30.5 Å². The van der Waals surface area contributed by atoms with E-state index in [0.29, 0.717) is 4.96 Å². The molecule has 0 bridgehead atoms. The lowest BCUT2D eigenvalue weighted by atomic mass is 10.3. The molecule has 0 fully saturated rings. The molecular weight excluding hydrogens is 298 g/mol. The zero-order valence-corrected chi connectivity index (χ0v) is 11.9. The molecule has 104 valence electrons. The highest BCUT2D eigenvalue weighted by atomic mass is 32.2. The van der Waals surface area contributed by atoms with Crippen LogP contribution >= 0.6 is 11.3 Å². The number of nitrogens with one attached hydrogen (secondary N) is 1. The fraction of sp³-hybridized carbons (Fsp3) is 0.0909. The SMILES string of the molecule is Nc1nc2sccn2c1S(=O)(=O)NCc1cccnc1. The van der Waals surface area contributed by atoms with Gasteiger partial charge < -0.3 is 5.73 Å². The summed E-state index contributed by atoms with van der Waals surface area (Å²) in [4.78, 5) is 8.50. The van der Waals surface area contributed by atoms with Crippen molar-refractivity contribution >= 4 is 32.1 Å². The van der Waals surface area contributed by atoms with E-state index in [0.717, 1.165) is 5.56 Å². The second kappa shape index (κ2) is 4.85. The van der Waals surface area contributed by atoms with Gasteiger partial charge in [-0.15, -0.1) is 11.3 Å². The van der Waals surface area contributed by atoms with Crippen LogP contribution in [-0.4, -0.2) is 22.8 Å². The normalized spacial score (nSPS) is 12.0. The quantitative estimate of drug-likeness (QED) is 0.744. The Morgan fingerprint density at radius 1 is 1.45 bits per heavy atom. The molecule has 3 rings (SSSR count). The average molecular weight is 309 g/mol. The van der Waals surface area contributed by atoms with Gasteiger partial charge in [-0.3, -0.25) is 9.38 Å². The van der Waals surface area contributed by atoms with E-state index in [1.54, 1.807) is 36.1 Å². The van der Waals surface area contributed by atoms with E-state index in [-0.39, 0.29) is 17.4 Å². The van der Waals surface area contributed by atoms with Crippen LogP contribution in [0.3, 0.4) is 0 Å². The summed E-state index contributed by atoms with van der Waals surface area (Å²) in [6.07, 6.45) is 4.85. The number of rotatable bonds is 4. The first-order valence-corrected chi connectivity index (χ1v) is 8.04. The molecule has 0 aliphatic heterocycles. The number of sulfonamides is 1. The molecular formula is C11H11N5O2S2. The number of nitrogen functional groups attached to an aromatic ring is 1. The average Bonchev–Trinajstić information content (AvgIpc) is 2.97. The first-order chi connectivity index (χ1) is 9.58. The Bertz CT molecular complexity index is 838. The first-order valence-electron chi connectivity index (χ1n) is 5.67. The number of aromatic nitrogens is 3. The highest BCUT2D eigenvalue weighted by Gasteiger charge is 2.24. The molecule has 3 aromatic rings. The molecule has 0 aliphatic carbocycles. The highest BCUT2D eigenvalue weighted by Crippen LogP contribution is 2.23. The largest absolute Gasteiger partial charge is 0.381 e. The maximum absolute atomic E-state index is 12.3. The van der Waals surface area contributed by atoms with Crippen molar-refractivity contribution < 1.29 is 8.42 Å². The van der Waals surface area contributed by atoms with Crippen molar-refractivity contribution in [3.05, 3.63) is 41.7 Å². The predicted molar refractivity (Wildman–Crippen MR) is 75.7 cm³/mol. The Hall–Kier alpha value is -1.97. The minimum atomic E-state index is -3.74. The molecule has 0 radical (unpaired) electrons. The molecule has 0 amide bonds. The van der Waals surface area contributed by atoms with E-state index in [4.69, 9.17) is 5.73 Å². The van der Waals surface area contributed by atoms with Crippen LogP contribution in [0.15, 0.2) is 41.1 Å². The van der Waals surface area contributed by atoms with Gasteiger partial charge in [0.2, 0.25) is 0 Å². The molecule has 0 saturated heterocycles. The Morgan fingerprint density at radius 3 is 3.05 bits per heavy atom. The van der Waals surface area contributed by atoms with Gasteiger partial charge in [-0.1, -0.05) is 6.07 Å². The third kappa shape index (κ3) is 2.26. The molecule has 0 atom stereocenters. The maximum Gasteiger partial charge on any atom is 0.260 e. The second-order valence-electron chi connectivity index (χ2n) is 4.04. The van der Waals surface area contributed by atoms with Gasteiger partial charge in [-0.25, -0.2) is 18.1 Å². The summed E-state index contributed by atoms with van der Waals surface area (Å²) in [5.74, 6) is -0.00413. The summed E-state index contributed by atoms with van der Waals surface area (Å²) in [7, 11) is -3.74. The van der Waals surface area contributed by atoms with Crippen molar-refractivity contribution in [2.45, 2.75) is 11.6 Å². The summed E-state index contributed by atoms with van der Waals surface area (Å²) in [5, 5.41) is 1.72. The fourth-order valence-electron chi connectivity index (χ4n) is 1.80. The van der Waals surface area contributed by atoms with Crippen LogP contribution in [0, 0.1) is 0 Å². The molecule has 20 heavy (non-hydrogen) atoms. The lowest BCUT2D eigenvalue weighted by Crippen LogP contribution is -2.25. The van der Waals surface area contributed by atoms with Gasteiger partial charge >= 0.3 is 0 Å². The molecule has 3 aromatic heterocycles. The summed E-state index contributed by atoms with van der Waals surface area (Å²) in [5.41, 5.74) is 6.46. The Kier molecular flexibility index (Phi) is 3.16. The number of nitrogens with two attached hydrogens (primary N) is 1. The molecule has 0 spiro atoms. The van der Waals surface area contributed by atoms with Crippen molar-refractivity contribution in [3.8, 4) is 0 Å². The van der Waals surface area contributed by atoms with Crippen molar-refractivity contribution in [1.82, 2.24) is 19.1 Å². The minimum Gasteiger partial charge on any atom is -0.381 e. The molecule has 9 heteroatoms. The zero-order valence-electron chi connectivity index (χ0n) is 10.2. The number of hydrogen-bond donors (Lipinski definition) is 2. The standard InChI is InChI=1S/C11H11N5O2S2/c12-9-10(16-4-5-19-11(16)15-9)20(17,18)14-7-8-2-1-3-13-6-8/h1-6,14H,7,12H2. The molecule has 0 aromatic carbocycles. The van der Waals surface area contributed by atoms with Gasteiger partial charge in [0.25, 0.3) is 10.0 Å². The van der Waals surface area contributed by atoms with E-state index in [2.05, 4.69) is 14.7 Å². The third-order valence-electron chi connectivity index (χ3n) is 2.69. The van der Waals surface area contributed by atoms with Gasteiger partial charge in [0.15, 0.2) is 15.8 Å². The van der Waals surface area contributed by atoms with Crippen molar-refractivity contribution in [1.29, 1.82) is 0 Å². The van der Waals surface area contributed by atoms with Gasteiger partial charge in [-0.2, -0.15) is 0 Å². The number of nitrogens with zero attached hydrogens (tertiary/aromatic N) is 3. The van der Waals surface area contributed by atoms with Gasteiger partial charge in [0.1, 0.15) is 0 Å². The molecule has 7 nitrogen and oxygen atoms in total. The zero-order chi connectivity index (χ0) is 14.2. The molecule has 3 N–H and O–H groups in total. The number of imidazole rings is 1. The predicted octanol–water partition coefficient (Wildman–Crippen LogP) is 0.852. The van der Waals surface area contributed by atoms with Crippen LogP contribution in [0.1, 0.15) is 5.56 Å². The maximum atomic E-state index is 12.3. The number of anilines is 1. The van der Waals surface area contributed by atoms with E-state index in [9.17, 15) is 8.42 Å². The number of fused-ring (bicyclic) bond motifs is 1. The smallest absolute Gasteiger partial charge is 0.260 e. The number of hydrogen-bond acceptors (Lipinski definition) is 6. The van der Waals surface area contributed by atoms with E-state index in [1.807, 2.05) is 0 Å². The highest BCUT2D eigenvalue weighted by molar-refractivity contribution is 7.89. The third-order valence-corrected chi connectivity index (χ3v) is 4.88. The molecule has 3 heterocycles. The van der Waals surface area contributed by atoms with Gasteiger partial charge in [0.05, 0.1) is 0 Å². The lowest BCUT2D eigenvalue weighted by Gasteiger charge is -2.06. The Morgan fingerprint density at radius 2 is 2.30 bits per heavy atom. The van der Waals surface area contributed by atoms with Crippen LogP contribution in [0.5, 0.6) is 0 Å². The van der Waals surface area contributed by atoms with Crippen molar-refractivity contribution in [2.24, 2.45) is 0 Å². The summed E-state index contributed by atoms with van der Waals surface area (Å²) >= 11 is 1.32. The van der Waals surface area contributed by atoms with Crippen LogP contribution in [-0.2, 0) is 16.6 Å². The summed E-state index contributed by atoms with van der Waals surface area (Å²) in [6.45, 7) is 0.146. The lowest BCUT2D eigenvalue weighted by molar-refractivity contribution is 0.577. The van der Waals surface area contributed by atoms with E-state index < -0.39 is 10.0 Å². The van der Waals surface area contributed by atoms with Crippen molar-refractivity contribution in [2.75, 3.05) is 5.73 Å². The van der Waals surface area contributed by atoms with Crippen molar-refractivity contribution in [3.63, 3.8) is 0 Å². The number of pyridine rings is 1. The Labute approximate surface area is 119 Å².